The van der Waals surface area contributed by atoms with Crippen molar-refractivity contribution < 1.29 is 9.47 Å². The normalized spacial score (nSPS) is 10.7. The van der Waals surface area contributed by atoms with Gasteiger partial charge >= 0.3 is 0 Å². The lowest BCUT2D eigenvalue weighted by atomic mass is 10.1. The van der Waals surface area contributed by atoms with Crippen LogP contribution in [0.4, 0.5) is 0 Å². The van der Waals surface area contributed by atoms with Crippen LogP contribution in [0.3, 0.4) is 0 Å². The largest absolute Gasteiger partial charge is 0.493 e. The van der Waals surface area contributed by atoms with E-state index in [-0.39, 0.29) is 0 Å². The molecule has 0 aromatic heterocycles. The minimum atomic E-state index is 0.510. The molecule has 0 saturated heterocycles. The summed E-state index contributed by atoms with van der Waals surface area (Å²) in [6.45, 7) is 4.31. The van der Waals surface area contributed by atoms with E-state index >= 15 is 0 Å². The molecule has 0 fully saturated rings. The highest BCUT2D eigenvalue weighted by atomic mass is 79.9. The summed E-state index contributed by atoms with van der Waals surface area (Å²) in [6, 6.07) is 22.9. The Bertz CT molecular complexity index is 896. The molecule has 1 N–H and O–H groups in total. The van der Waals surface area contributed by atoms with Crippen molar-refractivity contribution in [2.24, 2.45) is 0 Å². The summed E-state index contributed by atoms with van der Waals surface area (Å²) < 4.78 is 12.6. The van der Waals surface area contributed by atoms with E-state index in [2.05, 4.69) is 70.6 Å². The summed E-state index contributed by atoms with van der Waals surface area (Å²) in [7, 11) is 1.68. The molecule has 0 aliphatic heterocycles. The molecule has 0 saturated carbocycles. The third kappa shape index (κ3) is 5.60. The van der Waals surface area contributed by atoms with E-state index in [1.54, 1.807) is 7.11 Å². The molecule has 4 heteroatoms. The molecule has 0 heterocycles. The van der Waals surface area contributed by atoms with Gasteiger partial charge in [-0.25, -0.2) is 0 Å². The summed E-state index contributed by atoms with van der Waals surface area (Å²) in [4.78, 5) is 0. The molecule has 0 bridgehead atoms. The van der Waals surface area contributed by atoms with Crippen LogP contribution >= 0.6 is 15.9 Å². The fourth-order valence-corrected chi connectivity index (χ4v) is 3.65. The predicted molar refractivity (Wildman–Crippen MR) is 118 cm³/mol. The lowest BCUT2D eigenvalue weighted by molar-refractivity contribution is 0.281. The molecule has 3 nitrogen and oxygen atoms in total. The van der Waals surface area contributed by atoms with Gasteiger partial charge in [0, 0.05) is 6.54 Å². The van der Waals surface area contributed by atoms with E-state index < -0.39 is 0 Å². The number of halogens is 1. The van der Waals surface area contributed by atoms with E-state index in [1.165, 1.54) is 16.7 Å². The van der Waals surface area contributed by atoms with Crippen molar-refractivity contribution in [2.45, 2.75) is 26.5 Å². The second-order valence-electron chi connectivity index (χ2n) is 6.74. The zero-order chi connectivity index (χ0) is 19.8. The first kappa shape index (κ1) is 20.4. The SMILES string of the molecule is COc1cc(CNCCc2ccccc2)cc(Br)c1OCc1ccccc1C. The van der Waals surface area contributed by atoms with Crippen LogP contribution in [0, 0.1) is 6.92 Å². The summed E-state index contributed by atoms with van der Waals surface area (Å²) >= 11 is 3.64. The fraction of sp³-hybridized carbons (Fsp3) is 0.250. The van der Waals surface area contributed by atoms with Crippen LogP contribution in [-0.2, 0) is 19.6 Å². The molecule has 146 valence electrons. The Kier molecular flexibility index (Phi) is 7.52. The lowest BCUT2D eigenvalue weighted by Gasteiger charge is -2.15. The molecule has 0 atom stereocenters. The third-order valence-electron chi connectivity index (χ3n) is 4.68. The average Bonchev–Trinajstić information content (AvgIpc) is 2.72. The highest BCUT2D eigenvalue weighted by Crippen LogP contribution is 2.37. The molecule has 28 heavy (non-hydrogen) atoms. The summed E-state index contributed by atoms with van der Waals surface area (Å²) in [5.74, 6) is 1.47. The number of methoxy groups -OCH3 is 1. The first-order valence-electron chi connectivity index (χ1n) is 9.45. The maximum atomic E-state index is 6.07. The zero-order valence-electron chi connectivity index (χ0n) is 16.4. The first-order valence-corrected chi connectivity index (χ1v) is 10.2. The molecule has 0 spiro atoms. The van der Waals surface area contributed by atoms with Crippen molar-refractivity contribution in [2.75, 3.05) is 13.7 Å². The zero-order valence-corrected chi connectivity index (χ0v) is 18.0. The number of aryl methyl sites for hydroxylation is 1. The second-order valence-corrected chi connectivity index (χ2v) is 7.59. The van der Waals surface area contributed by atoms with Gasteiger partial charge in [-0.1, -0.05) is 54.6 Å². The predicted octanol–water partition coefficient (Wildman–Crippen LogP) is 5.68. The molecule has 0 radical (unpaired) electrons. The first-order chi connectivity index (χ1) is 13.7. The van der Waals surface area contributed by atoms with Crippen LogP contribution in [0.15, 0.2) is 71.2 Å². The van der Waals surface area contributed by atoms with Gasteiger partial charge in [0.25, 0.3) is 0 Å². The Morgan fingerprint density at radius 2 is 1.68 bits per heavy atom. The van der Waals surface area contributed by atoms with Crippen molar-refractivity contribution in [1.82, 2.24) is 5.32 Å². The third-order valence-corrected chi connectivity index (χ3v) is 5.27. The topological polar surface area (TPSA) is 30.5 Å². The number of ether oxygens (including phenoxy) is 2. The maximum Gasteiger partial charge on any atom is 0.175 e. The Morgan fingerprint density at radius 1 is 0.929 bits per heavy atom. The van der Waals surface area contributed by atoms with Gasteiger partial charge in [-0.2, -0.15) is 0 Å². The van der Waals surface area contributed by atoms with Gasteiger partial charge in [0.2, 0.25) is 0 Å². The van der Waals surface area contributed by atoms with E-state index in [0.717, 1.165) is 41.0 Å². The van der Waals surface area contributed by atoms with E-state index in [4.69, 9.17) is 9.47 Å². The van der Waals surface area contributed by atoms with Crippen LogP contribution < -0.4 is 14.8 Å². The monoisotopic (exact) mass is 439 g/mol. The molecular formula is C24H26BrNO2. The fourth-order valence-electron chi connectivity index (χ4n) is 3.05. The number of nitrogens with one attached hydrogen (secondary N) is 1. The minimum Gasteiger partial charge on any atom is -0.493 e. The number of hydrogen-bond acceptors (Lipinski definition) is 3. The van der Waals surface area contributed by atoms with E-state index in [1.807, 2.05) is 24.3 Å². The second kappa shape index (κ2) is 10.3. The minimum absolute atomic E-state index is 0.510. The molecular weight excluding hydrogens is 414 g/mol. The molecule has 0 amide bonds. The number of benzene rings is 3. The van der Waals surface area contributed by atoms with Crippen molar-refractivity contribution in [3.05, 3.63) is 93.5 Å². The van der Waals surface area contributed by atoms with Gasteiger partial charge in [-0.3, -0.25) is 0 Å². The van der Waals surface area contributed by atoms with Gasteiger partial charge in [-0.05, 0) is 70.2 Å². The highest BCUT2D eigenvalue weighted by molar-refractivity contribution is 9.10. The van der Waals surface area contributed by atoms with Gasteiger partial charge in [0.05, 0.1) is 11.6 Å². The van der Waals surface area contributed by atoms with Crippen molar-refractivity contribution in [3.63, 3.8) is 0 Å². The highest BCUT2D eigenvalue weighted by Gasteiger charge is 2.12. The Hall–Kier alpha value is -2.30. The van der Waals surface area contributed by atoms with Crippen molar-refractivity contribution >= 4 is 15.9 Å². The van der Waals surface area contributed by atoms with E-state index in [0.29, 0.717) is 6.61 Å². The Morgan fingerprint density at radius 3 is 2.43 bits per heavy atom. The number of hydrogen-bond donors (Lipinski definition) is 1. The molecule has 3 aromatic carbocycles. The van der Waals surface area contributed by atoms with Crippen LogP contribution in [0.25, 0.3) is 0 Å². The van der Waals surface area contributed by atoms with Crippen molar-refractivity contribution in [1.29, 1.82) is 0 Å². The van der Waals surface area contributed by atoms with Gasteiger partial charge < -0.3 is 14.8 Å². The van der Waals surface area contributed by atoms with Crippen LogP contribution in [0.5, 0.6) is 11.5 Å². The van der Waals surface area contributed by atoms with Gasteiger partial charge in [0.15, 0.2) is 11.5 Å². The van der Waals surface area contributed by atoms with Crippen molar-refractivity contribution in [3.8, 4) is 11.5 Å². The summed E-state index contributed by atoms with van der Waals surface area (Å²) in [5, 5.41) is 3.50. The molecule has 0 unspecified atom stereocenters. The smallest absolute Gasteiger partial charge is 0.175 e. The van der Waals surface area contributed by atoms with Gasteiger partial charge in [-0.15, -0.1) is 0 Å². The number of rotatable bonds is 9. The molecule has 0 aliphatic rings. The summed E-state index contributed by atoms with van der Waals surface area (Å²) in [5.41, 5.74) is 4.88. The maximum absolute atomic E-state index is 6.07. The average molecular weight is 440 g/mol. The molecule has 0 aliphatic carbocycles. The quantitative estimate of drug-likeness (QED) is 0.435. The van der Waals surface area contributed by atoms with Crippen LogP contribution in [0.2, 0.25) is 0 Å². The Balaban J connectivity index is 1.60. The van der Waals surface area contributed by atoms with Gasteiger partial charge in [0.1, 0.15) is 6.61 Å². The standard InChI is InChI=1S/C24H26BrNO2/c1-18-8-6-7-11-21(18)17-28-24-22(25)14-20(15-23(24)27-2)16-26-13-12-19-9-4-3-5-10-19/h3-11,14-15,26H,12-13,16-17H2,1-2H3. The van der Waals surface area contributed by atoms with Crippen LogP contribution in [-0.4, -0.2) is 13.7 Å². The summed E-state index contributed by atoms with van der Waals surface area (Å²) in [6.07, 6.45) is 1.01. The Labute approximate surface area is 175 Å². The molecule has 3 aromatic rings. The lowest BCUT2D eigenvalue weighted by Crippen LogP contribution is -2.16. The van der Waals surface area contributed by atoms with E-state index in [9.17, 15) is 0 Å². The van der Waals surface area contributed by atoms with Crippen LogP contribution in [0.1, 0.15) is 22.3 Å². The molecule has 3 rings (SSSR count).